The zero-order chi connectivity index (χ0) is 24.0. The summed E-state index contributed by atoms with van der Waals surface area (Å²) in [6.45, 7) is 3.21. The van der Waals surface area contributed by atoms with Crippen LogP contribution in [0, 0.1) is 5.82 Å². The molecular weight excluding hydrogens is 448 g/mol. The van der Waals surface area contributed by atoms with Crippen LogP contribution in [0.1, 0.15) is 5.56 Å². The van der Waals surface area contributed by atoms with E-state index in [1.54, 1.807) is 0 Å². The van der Waals surface area contributed by atoms with Crippen LogP contribution >= 0.6 is 0 Å². The number of hydrogen-bond acceptors (Lipinski definition) is 9. The number of benzene rings is 2. The Labute approximate surface area is 183 Å². The Kier molecular flexibility index (Phi) is 5.76. The first-order valence-electron chi connectivity index (χ1n) is 9.44. The number of aliphatic hydroxyl groups excluding tert-OH is 3. The van der Waals surface area contributed by atoms with Crippen LogP contribution in [0.25, 0.3) is 28.4 Å². The van der Waals surface area contributed by atoms with Crippen LogP contribution in [0.2, 0.25) is 0 Å². The number of aromatic nitrogens is 1. The summed E-state index contributed by atoms with van der Waals surface area (Å²) in [6, 6.07) is 5.74. The first-order valence-corrected chi connectivity index (χ1v) is 9.44. The summed E-state index contributed by atoms with van der Waals surface area (Å²) < 4.78 is 43.9. The van der Waals surface area contributed by atoms with Crippen molar-refractivity contribution in [1.82, 2.24) is 4.98 Å². The van der Waals surface area contributed by atoms with E-state index in [1.807, 2.05) is 0 Å². The van der Waals surface area contributed by atoms with E-state index in [2.05, 4.69) is 11.6 Å². The van der Waals surface area contributed by atoms with Gasteiger partial charge in [-0.05, 0) is 24.3 Å². The molecule has 1 aliphatic rings. The summed E-state index contributed by atoms with van der Waals surface area (Å²) in [5.74, 6) is -4.33. The minimum Gasteiger partial charge on any atom is -0.505 e. The summed E-state index contributed by atoms with van der Waals surface area (Å²) >= 11 is 0. The van der Waals surface area contributed by atoms with Gasteiger partial charge in [0.2, 0.25) is 12.2 Å². The minimum atomic E-state index is -1.91. The highest BCUT2D eigenvalue weighted by atomic mass is 19.1. The van der Waals surface area contributed by atoms with Crippen LogP contribution in [0.4, 0.5) is 8.78 Å². The number of aliphatic carboxylic acids is 1. The molecule has 0 radical (unpaired) electrons. The van der Waals surface area contributed by atoms with Gasteiger partial charge in [-0.1, -0.05) is 6.58 Å². The molecule has 1 saturated heterocycles. The molecule has 0 bridgehead atoms. The molecule has 0 aliphatic carbocycles. The number of fused-ring (bicyclic) bond motifs is 1. The Balaban J connectivity index is 1.72. The van der Waals surface area contributed by atoms with Crippen molar-refractivity contribution in [2.45, 2.75) is 30.7 Å². The summed E-state index contributed by atoms with van der Waals surface area (Å²) in [5.41, 5.74) is -0.0965. The molecule has 2 heterocycles. The second kappa shape index (κ2) is 8.41. The van der Waals surface area contributed by atoms with Crippen LogP contribution in [0.15, 0.2) is 41.3 Å². The molecule has 3 aromatic rings. The number of rotatable bonds is 5. The second-order valence-electron chi connectivity index (χ2n) is 7.26. The van der Waals surface area contributed by atoms with Crippen molar-refractivity contribution >= 4 is 22.9 Å². The van der Waals surface area contributed by atoms with E-state index in [9.17, 15) is 34.0 Å². The molecule has 33 heavy (non-hydrogen) atoms. The monoisotopic (exact) mass is 465 g/mol. The minimum absolute atomic E-state index is 0.0328. The van der Waals surface area contributed by atoms with Crippen LogP contribution in [-0.2, 0) is 9.53 Å². The molecular formula is C21H17F2NO9. The SMILES string of the molecule is C=C(F)c1cc(OC2O[C@H](C(=O)O)[C@@H](O)[C@H](O)[C@H]2O)cc2nc(-c3ccc(O)c(F)c3)oc12. The topological polar surface area (TPSA) is 163 Å². The van der Waals surface area contributed by atoms with E-state index in [4.69, 9.17) is 19.0 Å². The normalized spacial score (nSPS) is 25.2. The van der Waals surface area contributed by atoms with Crippen LogP contribution in [0.5, 0.6) is 11.5 Å². The molecule has 2 aromatic carbocycles. The Morgan fingerprint density at radius 2 is 1.85 bits per heavy atom. The highest BCUT2D eigenvalue weighted by Crippen LogP contribution is 2.35. The van der Waals surface area contributed by atoms with E-state index in [-0.39, 0.29) is 33.9 Å². The fourth-order valence-corrected chi connectivity index (χ4v) is 3.32. The van der Waals surface area contributed by atoms with Crippen molar-refractivity contribution in [2.24, 2.45) is 0 Å². The highest BCUT2D eigenvalue weighted by Gasteiger charge is 2.48. The first-order chi connectivity index (χ1) is 15.6. The van der Waals surface area contributed by atoms with Crippen molar-refractivity contribution in [3.63, 3.8) is 0 Å². The van der Waals surface area contributed by atoms with Crippen molar-refractivity contribution in [2.75, 3.05) is 0 Å². The fourth-order valence-electron chi connectivity index (χ4n) is 3.32. The largest absolute Gasteiger partial charge is 0.505 e. The number of aliphatic hydroxyl groups is 3. The Bertz CT molecular complexity index is 1240. The number of halogens is 2. The lowest BCUT2D eigenvalue weighted by molar-refractivity contribution is -0.271. The predicted molar refractivity (Wildman–Crippen MR) is 106 cm³/mol. The van der Waals surface area contributed by atoms with Gasteiger partial charge < -0.3 is 39.4 Å². The second-order valence-corrected chi connectivity index (χ2v) is 7.26. The number of carboxylic acids is 1. The average Bonchev–Trinajstić information content (AvgIpc) is 3.19. The van der Waals surface area contributed by atoms with Crippen molar-refractivity contribution in [3.05, 3.63) is 48.3 Å². The lowest BCUT2D eigenvalue weighted by atomic mass is 9.99. The zero-order valence-electron chi connectivity index (χ0n) is 16.6. The number of nitrogens with zero attached hydrogens (tertiary/aromatic N) is 1. The smallest absolute Gasteiger partial charge is 0.335 e. The molecule has 5 N–H and O–H groups in total. The third-order valence-corrected chi connectivity index (χ3v) is 5.02. The molecule has 12 heteroatoms. The molecule has 0 saturated carbocycles. The molecule has 1 aromatic heterocycles. The predicted octanol–water partition coefficient (Wildman–Crippen LogP) is 1.55. The number of oxazole rings is 1. The maximum atomic E-state index is 14.1. The van der Waals surface area contributed by atoms with Gasteiger partial charge in [0.1, 0.15) is 35.4 Å². The van der Waals surface area contributed by atoms with E-state index < -0.39 is 54.1 Å². The Morgan fingerprint density at radius 1 is 1.12 bits per heavy atom. The maximum Gasteiger partial charge on any atom is 0.335 e. The number of ether oxygens (including phenoxy) is 2. The van der Waals surface area contributed by atoms with Gasteiger partial charge in [0.05, 0.1) is 5.56 Å². The zero-order valence-corrected chi connectivity index (χ0v) is 16.6. The number of phenols is 1. The van der Waals surface area contributed by atoms with Gasteiger partial charge in [0, 0.05) is 11.6 Å². The molecule has 174 valence electrons. The summed E-state index contributed by atoms with van der Waals surface area (Å²) in [6.07, 6.45) is -9.27. The number of carbonyl (C=O) groups is 1. The molecule has 4 rings (SSSR count). The van der Waals surface area contributed by atoms with Gasteiger partial charge in [-0.25, -0.2) is 18.6 Å². The van der Waals surface area contributed by atoms with Crippen LogP contribution < -0.4 is 4.74 Å². The van der Waals surface area contributed by atoms with Crippen molar-refractivity contribution in [1.29, 1.82) is 0 Å². The van der Waals surface area contributed by atoms with Crippen molar-refractivity contribution < 1.29 is 53.0 Å². The third kappa shape index (κ3) is 4.12. The first kappa shape index (κ1) is 22.6. The molecule has 0 amide bonds. The van der Waals surface area contributed by atoms with E-state index >= 15 is 0 Å². The lowest BCUT2D eigenvalue weighted by Crippen LogP contribution is -2.61. The van der Waals surface area contributed by atoms with Gasteiger partial charge in [-0.15, -0.1) is 0 Å². The summed E-state index contributed by atoms with van der Waals surface area (Å²) in [4.78, 5) is 15.4. The molecule has 1 fully saturated rings. The highest BCUT2D eigenvalue weighted by molar-refractivity contribution is 5.88. The van der Waals surface area contributed by atoms with Gasteiger partial charge in [0.25, 0.3) is 0 Å². The standard InChI is InChI=1S/C21H17F2NO9/c1-7(22)10-5-9(31-21-16(28)14(26)15(27)18(33-21)20(29)30)6-12-17(10)32-19(24-12)8-2-3-13(25)11(23)4-8/h2-6,14-16,18,21,25-28H,1H2,(H,29,30)/t14-,15-,16+,18-,21?/m0/s1. The van der Waals surface area contributed by atoms with E-state index in [0.29, 0.717) is 0 Å². The summed E-state index contributed by atoms with van der Waals surface area (Å²) in [5, 5.41) is 48.3. The number of hydrogen-bond donors (Lipinski definition) is 5. The molecule has 0 spiro atoms. The van der Waals surface area contributed by atoms with Crippen LogP contribution in [-0.4, -0.2) is 67.2 Å². The number of carboxylic acid groups (broad SMARTS) is 1. The average molecular weight is 465 g/mol. The third-order valence-electron chi connectivity index (χ3n) is 5.02. The lowest BCUT2D eigenvalue weighted by Gasteiger charge is -2.38. The number of phenolic OH excluding ortho intramolecular Hbond substituents is 1. The van der Waals surface area contributed by atoms with Crippen molar-refractivity contribution in [3.8, 4) is 23.0 Å². The Hall–Kier alpha value is -3.58. The quantitative estimate of drug-likeness (QED) is 0.374. The summed E-state index contributed by atoms with van der Waals surface area (Å²) in [7, 11) is 0. The molecule has 1 unspecified atom stereocenters. The van der Waals surface area contributed by atoms with Crippen LogP contribution in [0.3, 0.4) is 0 Å². The van der Waals surface area contributed by atoms with E-state index in [1.165, 1.54) is 12.1 Å². The van der Waals surface area contributed by atoms with Gasteiger partial charge >= 0.3 is 5.97 Å². The van der Waals surface area contributed by atoms with Gasteiger partial charge in [0.15, 0.2) is 23.3 Å². The van der Waals surface area contributed by atoms with E-state index in [0.717, 1.165) is 18.2 Å². The van der Waals surface area contributed by atoms with Gasteiger partial charge in [-0.2, -0.15) is 0 Å². The fraction of sp³-hybridized carbons (Fsp3) is 0.238. The molecule has 1 aliphatic heterocycles. The Morgan fingerprint density at radius 3 is 2.48 bits per heavy atom. The maximum absolute atomic E-state index is 14.1. The number of aromatic hydroxyl groups is 1. The van der Waals surface area contributed by atoms with Gasteiger partial charge in [-0.3, -0.25) is 0 Å². The molecule has 5 atom stereocenters. The molecule has 10 nitrogen and oxygen atoms in total.